The van der Waals surface area contributed by atoms with Crippen molar-refractivity contribution in [2.75, 3.05) is 11.9 Å². The van der Waals surface area contributed by atoms with E-state index in [1.54, 1.807) is 0 Å². The number of Topliss-reactive ketones (excluding diaryl/α,β-unsaturated/α-hetero) is 1. The number of hydrogen-bond donors (Lipinski definition) is 1. The Bertz CT molecular complexity index is 697. The highest BCUT2D eigenvalue weighted by Gasteiger charge is 2.31. The van der Waals surface area contributed by atoms with E-state index in [1.165, 1.54) is 19.1 Å². The second-order valence-corrected chi connectivity index (χ2v) is 4.94. The van der Waals surface area contributed by atoms with Crippen LogP contribution in [0, 0.1) is 18.6 Å². The third-order valence-corrected chi connectivity index (χ3v) is 3.69. The van der Waals surface area contributed by atoms with Crippen LogP contribution in [0.3, 0.4) is 0 Å². The number of halogens is 2. The highest BCUT2D eigenvalue weighted by Crippen LogP contribution is 2.34. The Hall–Kier alpha value is -2.23. The Labute approximate surface area is 115 Å². The number of carbonyl (C=O) groups is 1. The van der Waals surface area contributed by atoms with Crippen LogP contribution in [-0.4, -0.2) is 12.3 Å². The molecule has 0 saturated heterocycles. The molecule has 0 radical (unpaired) electrons. The van der Waals surface area contributed by atoms with Crippen molar-refractivity contribution < 1.29 is 13.6 Å². The summed E-state index contributed by atoms with van der Waals surface area (Å²) in [4.78, 5) is 12.4. The van der Waals surface area contributed by atoms with Gasteiger partial charge in [-0.05, 0) is 30.2 Å². The fourth-order valence-electron chi connectivity index (χ4n) is 2.54. The molecule has 0 aromatic heterocycles. The third-order valence-electron chi connectivity index (χ3n) is 3.69. The van der Waals surface area contributed by atoms with Crippen LogP contribution in [0.4, 0.5) is 14.5 Å². The first-order valence-electron chi connectivity index (χ1n) is 6.41. The number of aryl methyl sites for hydroxylation is 1. The molecule has 0 aliphatic carbocycles. The first kappa shape index (κ1) is 12.8. The van der Waals surface area contributed by atoms with Gasteiger partial charge in [-0.15, -0.1) is 0 Å². The zero-order valence-corrected chi connectivity index (χ0v) is 10.9. The molecule has 0 bridgehead atoms. The lowest BCUT2D eigenvalue weighted by molar-refractivity contribution is 0.0961. The van der Waals surface area contributed by atoms with Crippen molar-refractivity contribution in [1.29, 1.82) is 0 Å². The van der Waals surface area contributed by atoms with Crippen LogP contribution in [0.5, 0.6) is 0 Å². The van der Waals surface area contributed by atoms with Gasteiger partial charge in [0, 0.05) is 12.2 Å². The lowest BCUT2D eigenvalue weighted by Gasteiger charge is -2.11. The monoisotopic (exact) mass is 273 g/mol. The first-order valence-corrected chi connectivity index (χ1v) is 6.41. The summed E-state index contributed by atoms with van der Waals surface area (Å²) in [5, 5.41) is 3.11. The van der Waals surface area contributed by atoms with E-state index in [4.69, 9.17) is 0 Å². The summed E-state index contributed by atoms with van der Waals surface area (Å²) in [6, 6.07) is 10.2. The van der Waals surface area contributed by atoms with Crippen molar-refractivity contribution in [1.82, 2.24) is 0 Å². The van der Waals surface area contributed by atoms with Crippen molar-refractivity contribution in [2.24, 2.45) is 0 Å². The summed E-state index contributed by atoms with van der Waals surface area (Å²) in [7, 11) is 0. The molecule has 1 unspecified atom stereocenters. The van der Waals surface area contributed by atoms with Crippen LogP contribution in [0.15, 0.2) is 36.4 Å². The number of benzene rings is 2. The minimum atomic E-state index is -1.06. The van der Waals surface area contributed by atoms with Gasteiger partial charge < -0.3 is 5.32 Å². The van der Waals surface area contributed by atoms with E-state index in [0.717, 1.165) is 11.3 Å². The molecule has 0 amide bonds. The van der Waals surface area contributed by atoms with Gasteiger partial charge in [0.1, 0.15) is 0 Å². The van der Waals surface area contributed by atoms with Crippen LogP contribution < -0.4 is 5.32 Å². The second-order valence-electron chi connectivity index (χ2n) is 4.94. The van der Waals surface area contributed by atoms with Crippen molar-refractivity contribution in [3.05, 3.63) is 64.7 Å². The summed E-state index contributed by atoms with van der Waals surface area (Å²) in [6.45, 7) is 1.88. The fourth-order valence-corrected chi connectivity index (χ4v) is 2.54. The maximum Gasteiger partial charge on any atom is 0.175 e. The number of carbonyl (C=O) groups excluding carboxylic acids is 1. The number of nitrogens with one attached hydrogen (secondary N) is 1. The molecule has 4 heteroatoms. The van der Waals surface area contributed by atoms with Gasteiger partial charge >= 0.3 is 0 Å². The van der Waals surface area contributed by atoms with Crippen LogP contribution in [0.2, 0.25) is 0 Å². The van der Waals surface area contributed by atoms with E-state index in [2.05, 4.69) is 5.32 Å². The molecule has 2 aromatic carbocycles. The zero-order chi connectivity index (χ0) is 14.3. The molecule has 0 fully saturated rings. The van der Waals surface area contributed by atoms with Crippen molar-refractivity contribution in [3.8, 4) is 0 Å². The fraction of sp³-hybridized carbons (Fsp3) is 0.188. The maximum absolute atomic E-state index is 13.9. The highest BCUT2D eigenvalue weighted by molar-refractivity contribution is 6.03. The van der Waals surface area contributed by atoms with Gasteiger partial charge in [-0.25, -0.2) is 8.78 Å². The van der Waals surface area contributed by atoms with Gasteiger partial charge in [-0.1, -0.05) is 24.3 Å². The Morgan fingerprint density at radius 1 is 1.15 bits per heavy atom. The van der Waals surface area contributed by atoms with Gasteiger partial charge in [0.2, 0.25) is 0 Å². The molecule has 1 aliphatic heterocycles. The van der Waals surface area contributed by atoms with Crippen molar-refractivity contribution >= 4 is 11.5 Å². The summed E-state index contributed by atoms with van der Waals surface area (Å²) in [6.07, 6.45) is 0. The normalized spacial score (nSPS) is 16.6. The van der Waals surface area contributed by atoms with Crippen LogP contribution in [-0.2, 0) is 0 Å². The van der Waals surface area contributed by atoms with Crippen molar-refractivity contribution in [3.63, 3.8) is 0 Å². The topological polar surface area (TPSA) is 29.1 Å². The summed E-state index contributed by atoms with van der Waals surface area (Å²) in [5.41, 5.74) is 1.72. The molecule has 20 heavy (non-hydrogen) atoms. The number of fused-ring (bicyclic) bond motifs is 1. The molecule has 0 saturated carbocycles. The Morgan fingerprint density at radius 3 is 2.70 bits per heavy atom. The quantitative estimate of drug-likeness (QED) is 0.846. The Kier molecular flexibility index (Phi) is 3.01. The highest BCUT2D eigenvalue weighted by atomic mass is 19.2. The van der Waals surface area contributed by atoms with E-state index in [1.807, 2.05) is 24.3 Å². The van der Waals surface area contributed by atoms with Gasteiger partial charge in [0.05, 0.1) is 11.5 Å². The standard InChI is InChI=1S/C16H13F2NO/c1-9-6-7-11(15(18)14(9)17)16(20)12-8-19-13-5-3-2-4-10(12)13/h2-7,12,19H,8H2,1H3. The third kappa shape index (κ3) is 1.88. The van der Waals surface area contributed by atoms with E-state index < -0.39 is 17.6 Å². The van der Waals surface area contributed by atoms with E-state index in [-0.39, 0.29) is 16.9 Å². The molecule has 1 atom stereocenters. The number of rotatable bonds is 2. The average molecular weight is 273 g/mol. The smallest absolute Gasteiger partial charge is 0.175 e. The largest absolute Gasteiger partial charge is 0.384 e. The molecular weight excluding hydrogens is 260 g/mol. The Morgan fingerprint density at radius 2 is 1.90 bits per heavy atom. The first-order chi connectivity index (χ1) is 9.59. The zero-order valence-electron chi connectivity index (χ0n) is 10.9. The van der Waals surface area contributed by atoms with Crippen LogP contribution in [0.1, 0.15) is 27.4 Å². The molecule has 1 aliphatic rings. The van der Waals surface area contributed by atoms with E-state index >= 15 is 0 Å². The van der Waals surface area contributed by atoms with Crippen LogP contribution >= 0.6 is 0 Å². The second kappa shape index (κ2) is 4.71. The van der Waals surface area contributed by atoms with E-state index in [0.29, 0.717) is 6.54 Å². The molecule has 1 N–H and O–H groups in total. The maximum atomic E-state index is 13.9. The van der Waals surface area contributed by atoms with Crippen molar-refractivity contribution in [2.45, 2.75) is 12.8 Å². The number of hydrogen-bond acceptors (Lipinski definition) is 2. The molecular formula is C16H13F2NO. The lowest BCUT2D eigenvalue weighted by Crippen LogP contribution is -2.17. The molecule has 0 spiro atoms. The predicted octanol–water partition coefficient (Wildman–Crippen LogP) is 3.67. The number of ketones is 1. The van der Waals surface area contributed by atoms with Gasteiger partial charge in [0.15, 0.2) is 17.4 Å². The summed E-state index contributed by atoms with van der Waals surface area (Å²) < 4.78 is 27.5. The van der Waals surface area contributed by atoms with Gasteiger partial charge in [-0.3, -0.25) is 4.79 Å². The Balaban J connectivity index is 2.01. The minimum Gasteiger partial charge on any atom is -0.384 e. The van der Waals surface area contributed by atoms with Gasteiger partial charge in [-0.2, -0.15) is 0 Å². The average Bonchev–Trinajstić information content (AvgIpc) is 2.88. The molecule has 102 valence electrons. The lowest BCUT2D eigenvalue weighted by atomic mass is 9.91. The molecule has 3 rings (SSSR count). The molecule has 2 nitrogen and oxygen atoms in total. The number of anilines is 1. The predicted molar refractivity (Wildman–Crippen MR) is 73.1 cm³/mol. The summed E-state index contributed by atoms with van der Waals surface area (Å²) in [5.74, 6) is -2.86. The molecule has 2 aromatic rings. The molecule has 1 heterocycles. The SMILES string of the molecule is Cc1ccc(C(=O)C2CNc3ccccc32)c(F)c1F. The van der Waals surface area contributed by atoms with Gasteiger partial charge in [0.25, 0.3) is 0 Å². The summed E-state index contributed by atoms with van der Waals surface area (Å²) >= 11 is 0. The van der Waals surface area contributed by atoms with E-state index in [9.17, 15) is 13.6 Å². The number of para-hydroxylation sites is 1. The van der Waals surface area contributed by atoms with Crippen LogP contribution in [0.25, 0.3) is 0 Å². The minimum absolute atomic E-state index is 0.184.